The molecule has 1 N–H and O–H groups in total. The zero-order valence-electron chi connectivity index (χ0n) is 12.0. The normalized spacial score (nSPS) is 14.7. The largest absolute Gasteiger partial charge is 0.328 e. The molecule has 3 aromatic rings. The maximum absolute atomic E-state index is 4.58. The monoisotopic (exact) mass is 277 g/mol. The third-order valence-corrected chi connectivity index (χ3v) is 4.07. The van der Waals surface area contributed by atoms with Gasteiger partial charge in [0.1, 0.15) is 5.65 Å². The SMILES string of the molecule is c1ccc(Cn2cc(CNC3CC3)c3cccnc32)cc1. The molecule has 1 aromatic carbocycles. The van der Waals surface area contributed by atoms with Crippen molar-refractivity contribution in [2.75, 3.05) is 0 Å². The second-order valence-electron chi connectivity index (χ2n) is 5.80. The highest BCUT2D eigenvalue weighted by atomic mass is 15.0. The second-order valence-corrected chi connectivity index (χ2v) is 5.80. The molecule has 0 bridgehead atoms. The summed E-state index contributed by atoms with van der Waals surface area (Å²) < 4.78 is 2.26. The van der Waals surface area contributed by atoms with Crippen molar-refractivity contribution in [2.45, 2.75) is 32.0 Å². The average molecular weight is 277 g/mol. The molecule has 21 heavy (non-hydrogen) atoms. The highest BCUT2D eigenvalue weighted by Gasteiger charge is 2.21. The fourth-order valence-electron chi connectivity index (χ4n) is 2.78. The van der Waals surface area contributed by atoms with E-state index in [9.17, 15) is 0 Å². The molecule has 0 spiro atoms. The van der Waals surface area contributed by atoms with Gasteiger partial charge in [-0.25, -0.2) is 4.98 Å². The standard InChI is InChI=1S/C18H19N3/c1-2-5-14(6-3-1)12-21-13-15(11-20-16-8-9-16)17-7-4-10-19-18(17)21/h1-7,10,13,16,20H,8-9,11-12H2. The Bertz CT molecular complexity index is 742. The summed E-state index contributed by atoms with van der Waals surface area (Å²) in [5.41, 5.74) is 3.73. The minimum atomic E-state index is 0.731. The fourth-order valence-corrected chi connectivity index (χ4v) is 2.78. The van der Waals surface area contributed by atoms with E-state index < -0.39 is 0 Å². The molecule has 2 heterocycles. The number of rotatable bonds is 5. The molecule has 4 rings (SSSR count). The Morgan fingerprint density at radius 2 is 1.95 bits per heavy atom. The third kappa shape index (κ3) is 2.69. The lowest BCUT2D eigenvalue weighted by Crippen LogP contribution is -2.14. The van der Waals surface area contributed by atoms with Crippen LogP contribution in [0.4, 0.5) is 0 Å². The number of pyridine rings is 1. The van der Waals surface area contributed by atoms with Crippen LogP contribution < -0.4 is 5.32 Å². The van der Waals surface area contributed by atoms with E-state index in [4.69, 9.17) is 0 Å². The Morgan fingerprint density at radius 3 is 2.76 bits per heavy atom. The van der Waals surface area contributed by atoms with E-state index in [1.54, 1.807) is 0 Å². The van der Waals surface area contributed by atoms with E-state index in [0.717, 1.165) is 24.8 Å². The zero-order valence-corrected chi connectivity index (χ0v) is 12.0. The van der Waals surface area contributed by atoms with Gasteiger partial charge in [-0.3, -0.25) is 0 Å². The van der Waals surface area contributed by atoms with E-state index in [2.05, 4.69) is 57.5 Å². The Kier molecular flexibility index (Phi) is 3.20. The summed E-state index contributed by atoms with van der Waals surface area (Å²) in [5, 5.41) is 4.87. The lowest BCUT2D eigenvalue weighted by atomic mass is 10.2. The van der Waals surface area contributed by atoms with Gasteiger partial charge in [0.05, 0.1) is 0 Å². The summed E-state index contributed by atoms with van der Waals surface area (Å²) in [5.74, 6) is 0. The van der Waals surface area contributed by atoms with Gasteiger partial charge in [0, 0.05) is 36.9 Å². The van der Waals surface area contributed by atoms with Gasteiger partial charge in [-0.1, -0.05) is 30.3 Å². The Hall–Kier alpha value is -2.13. The van der Waals surface area contributed by atoms with E-state index in [1.165, 1.54) is 29.4 Å². The molecule has 0 aliphatic heterocycles. The van der Waals surface area contributed by atoms with Crippen LogP contribution in [0.5, 0.6) is 0 Å². The van der Waals surface area contributed by atoms with Gasteiger partial charge in [-0.2, -0.15) is 0 Å². The topological polar surface area (TPSA) is 29.9 Å². The molecule has 1 saturated carbocycles. The number of aromatic nitrogens is 2. The Balaban J connectivity index is 1.67. The van der Waals surface area contributed by atoms with Crippen LogP contribution in [0.1, 0.15) is 24.0 Å². The van der Waals surface area contributed by atoms with E-state index >= 15 is 0 Å². The number of hydrogen-bond acceptors (Lipinski definition) is 2. The Labute approximate surface area is 124 Å². The molecule has 3 nitrogen and oxygen atoms in total. The van der Waals surface area contributed by atoms with Crippen LogP contribution in [0.15, 0.2) is 54.9 Å². The van der Waals surface area contributed by atoms with Crippen LogP contribution in [0, 0.1) is 0 Å². The number of benzene rings is 1. The smallest absolute Gasteiger partial charge is 0.140 e. The van der Waals surface area contributed by atoms with Crippen molar-refractivity contribution in [3.8, 4) is 0 Å². The molecule has 0 amide bonds. The number of nitrogens with zero attached hydrogens (tertiary/aromatic N) is 2. The molecule has 1 aliphatic carbocycles. The predicted molar refractivity (Wildman–Crippen MR) is 85.1 cm³/mol. The first-order valence-corrected chi connectivity index (χ1v) is 7.60. The first-order valence-electron chi connectivity index (χ1n) is 7.60. The predicted octanol–water partition coefficient (Wildman–Crippen LogP) is 3.34. The van der Waals surface area contributed by atoms with Crippen molar-refractivity contribution >= 4 is 11.0 Å². The highest BCUT2D eigenvalue weighted by Crippen LogP contribution is 2.23. The van der Waals surface area contributed by atoms with Gasteiger partial charge in [0.25, 0.3) is 0 Å². The van der Waals surface area contributed by atoms with Crippen LogP contribution in [-0.4, -0.2) is 15.6 Å². The lowest BCUT2D eigenvalue weighted by molar-refractivity contribution is 0.687. The van der Waals surface area contributed by atoms with E-state index in [0.29, 0.717) is 0 Å². The first-order chi connectivity index (χ1) is 10.4. The van der Waals surface area contributed by atoms with Crippen LogP contribution >= 0.6 is 0 Å². The van der Waals surface area contributed by atoms with Crippen LogP contribution in [0.3, 0.4) is 0 Å². The molecule has 0 saturated heterocycles. The van der Waals surface area contributed by atoms with Crippen molar-refractivity contribution in [3.05, 3.63) is 66.0 Å². The van der Waals surface area contributed by atoms with Gasteiger partial charge >= 0.3 is 0 Å². The lowest BCUT2D eigenvalue weighted by Gasteiger charge is -2.04. The summed E-state index contributed by atoms with van der Waals surface area (Å²) in [6.45, 7) is 1.81. The molecule has 3 heteroatoms. The second kappa shape index (κ2) is 5.34. The van der Waals surface area contributed by atoms with Crippen LogP contribution in [0.25, 0.3) is 11.0 Å². The highest BCUT2D eigenvalue weighted by molar-refractivity contribution is 5.80. The summed E-state index contributed by atoms with van der Waals surface area (Å²) in [7, 11) is 0. The maximum Gasteiger partial charge on any atom is 0.140 e. The van der Waals surface area contributed by atoms with Gasteiger partial charge in [-0.15, -0.1) is 0 Å². The van der Waals surface area contributed by atoms with Crippen molar-refractivity contribution in [2.24, 2.45) is 0 Å². The molecule has 0 atom stereocenters. The molecular weight excluding hydrogens is 258 g/mol. The van der Waals surface area contributed by atoms with Crippen LogP contribution in [0.2, 0.25) is 0 Å². The molecule has 106 valence electrons. The summed E-state index contributed by atoms with van der Waals surface area (Å²) in [6.07, 6.45) is 6.77. The van der Waals surface area contributed by atoms with Crippen molar-refractivity contribution < 1.29 is 0 Å². The van der Waals surface area contributed by atoms with Gasteiger partial charge in [0.2, 0.25) is 0 Å². The van der Waals surface area contributed by atoms with Crippen molar-refractivity contribution in [3.63, 3.8) is 0 Å². The van der Waals surface area contributed by atoms with Gasteiger partial charge in [0.15, 0.2) is 0 Å². The molecule has 1 aliphatic rings. The van der Waals surface area contributed by atoms with Gasteiger partial charge < -0.3 is 9.88 Å². The van der Waals surface area contributed by atoms with Gasteiger partial charge in [-0.05, 0) is 36.1 Å². The van der Waals surface area contributed by atoms with E-state index in [1.807, 2.05) is 12.3 Å². The molecule has 0 radical (unpaired) electrons. The van der Waals surface area contributed by atoms with Crippen molar-refractivity contribution in [1.82, 2.24) is 14.9 Å². The molecule has 1 fully saturated rings. The summed E-state index contributed by atoms with van der Waals surface area (Å²) in [4.78, 5) is 4.58. The fraction of sp³-hybridized carbons (Fsp3) is 0.278. The summed E-state index contributed by atoms with van der Waals surface area (Å²) >= 11 is 0. The molecule has 2 aromatic heterocycles. The zero-order chi connectivity index (χ0) is 14.1. The number of fused-ring (bicyclic) bond motifs is 1. The molecule has 0 unspecified atom stereocenters. The van der Waals surface area contributed by atoms with Crippen LogP contribution in [-0.2, 0) is 13.1 Å². The summed E-state index contributed by atoms with van der Waals surface area (Å²) in [6, 6.07) is 15.5. The quantitative estimate of drug-likeness (QED) is 0.775. The molecular formula is C18H19N3. The van der Waals surface area contributed by atoms with E-state index in [-0.39, 0.29) is 0 Å². The minimum absolute atomic E-state index is 0.731. The number of nitrogens with one attached hydrogen (secondary N) is 1. The number of hydrogen-bond donors (Lipinski definition) is 1. The first kappa shape index (κ1) is 12.6. The maximum atomic E-state index is 4.58. The minimum Gasteiger partial charge on any atom is -0.328 e. The third-order valence-electron chi connectivity index (χ3n) is 4.07. The average Bonchev–Trinajstić information content (AvgIpc) is 3.30. The Morgan fingerprint density at radius 1 is 1.10 bits per heavy atom. The van der Waals surface area contributed by atoms with Crippen molar-refractivity contribution in [1.29, 1.82) is 0 Å².